The number of nitrogens with two attached hydrogens (primary N) is 1. The van der Waals surface area contributed by atoms with E-state index in [-0.39, 0.29) is 11.9 Å². The molecule has 5 nitrogen and oxygen atoms in total. The molecule has 1 aliphatic rings. The Morgan fingerprint density at radius 3 is 2.50 bits per heavy atom. The smallest absolute Gasteiger partial charge is 0.300 e. The summed E-state index contributed by atoms with van der Waals surface area (Å²) in [5.74, 6) is -0.694. The fourth-order valence-electron chi connectivity index (χ4n) is 0.854. The lowest BCUT2D eigenvalue weighted by atomic mass is 10.2. The van der Waals surface area contributed by atoms with Gasteiger partial charge in [0, 0.05) is 25.9 Å². The summed E-state index contributed by atoms with van der Waals surface area (Å²) in [5, 5.41) is 10.2. The van der Waals surface area contributed by atoms with Gasteiger partial charge in [-0.25, -0.2) is 0 Å². The molecule has 4 N–H and O–H groups in total. The van der Waals surface area contributed by atoms with Gasteiger partial charge in [-0.05, 0) is 6.42 Å². The molecule has 0 unspecified atom stereocenters. The molecule has 0 bridgehead atoms. The zero-order chi connectivity index (χ0) is 9.56. The number of carboxylic acid groups (broad SMARTS) is 1. The van der Waals surface area contributed by atoms with E-state index in [1.165, 1.54) is 0 Å². The van der Waals surface area contributed by atoms with E-state index < -0.39 is 5.97 Å². The lowest BCUT2D eigenvalue weighted by Gasteiger charge is -2.02. The van der Waals surface area contributed by atoms with E-state index in [2.05, 4.69) is 5.32 Å². The van der Waals surface area contributed by atoms with Crippen LogP contribution in [0.2, 0.25) is 0 Å². The Kier molecular flexibility index (Phi) is 5.03. The van der Waals surface area contributed by atoms with Gasteiger partial charge in [0.15, 0.2) is 0 Å². The largest absolute Gasteiger partial charge is 0.481 e. The summed E-state index contributed by atoms with van der Waals surface area (Å²) in [6, 6.07) is 0.252. The van der Waals surface area contributed by atoms with Gasteiger partial charge in [0.25, 0.3) is 5.97 Å². The van der Waals surface area contributed by atoms with E-state index in [9.17, 15) is 4.79 Å². The molecular formula is C7H14N2O3. The molecule has 1 fully saturated rings. The predicted molar refractivity (Wildman–Crippen MR) is 43.5 cm³/mol. The highest BCUT2D eigenvalue weighted by molar-refractivity contribution is 5.78. The lowest BCUT2D eigenvalue weighted by molar-refractivity contribution is -0.134. The number of carbonyl (C=O) groups is 2. The zero-order valence-corrected chi connectivity index (χ0v) is 7.04. The fraction of sp³-hybridized carbons (Fsp3) is 0.714. The van der Waals surface area contributed by atoms with Crippen molar-refractivity contribution in [2.24, 2.45) is 5.73 Å². The maximum Gasteiger partial charge on any atom is 0.300 e. The number of nitrogens with one attached hydrogen (secondary N) is 1. The van der Waals surface area contributed by atoms with Crippen LogP contribution in [0.25, 0.3) is 0 Å². The van der Waals surface area contributed by atoms with Crippen molar-refractivity contribution in [3.8, 4) is 0 Å². The standard InChI is InChI=1S/C5H10N2O.C2H4O2/c6-3-4-1-2-5(8)7-4;1-2(3)4/h4H,1-3,6H2,(H,7,8);1H3,(H,3,4)/t4-;/m0./s1. The van der Waals surface area contributed by atoms with Gasteiger partial charge in [0.05, 0.1) is 0 Å². The third-order valence-electron chi connectivity index (χ3n) is 1.37. The number of carbonyl (C=O) groups excluding carboxylic acids is 1. The molecule has 0 spiro atoms. The topological polar surface area (TPSA) is 92.4 Å². The van der Waals surface area contributed by atoms with Gasteiger partial charge in [-0.1, -0.05) is 0 Å². The lowest BCUT2D eigenvalue weighted by Crippen LogP contribution is -2.32. The Bertz CT molecular complexity index is 166. The van der Waals surface area contributed by atoms with E-state index in [1.807, 2.05) is 0 Å². The van der Waals surface area contributed by atoms with Crippen molar-refractivity contribution in [3.63, 3.8) is 0 Å². The Labute approximate surface area is 70.9 Å². The highest BCUT2D eigenvalue weighted by Gasteiger charge is 2.18. The Morgan fingerprint density at radius 2 is 2.33 bits per heavy atom. The SMILES string of the molecule is CC(=O)O.NC[C@@H]1CCC(=O)N1. The molecule has 1 saturated heterocycles. The summed E-state index contributed by atoms with van der Waals surface area (Å²) in [6.45, 7) is 1.66. The average molecular weight is 174 g/mol. The first-order chi connectivity index (χ1) is 5.56. The number of carboxylic acids is 1. The van der Waals surface area contributed by atoms with E-state index >= 15 is 0 Å². The van der Waals surface area contributed by atoms with Gasteiger partial charge in [-0.2, -0.15) is 0 Å². The van der Waals surface area contributed by atoms with Crippen molar-refractivity contribution in [2.45, 2.75) is 25.8 Å². The monoisotopic (exact) mass is 174 g/mol. The second kappa shape index (κ2) is 5.54. The summed E-state index contributed by atoms with van der Waals surface area (Å²) < 4.78 is 0. The maximum absolute atomic E-state index is 10.4. The van der Waals surface area contributed by atoms with Gasteiger partial charge in [0.1, 0.15) is 0 Å². The minimum absolute atomic E-state index is 0.139. The van der Waals surface area contributed by atoms with Gasteiger partial charge in [0.2, 0.25) is 5.91 Å². The molecule has 5 heteroatoms. The normalized spacial score (nSPS) is 20.8. The van der Waals surface area contributed by atoms with E-state index in [0.29, 0.717) is 13.0 Å². The second-order valence-electron chi connectivity index (χ2n) is 2.56. The first-order valence-electron chi connectivity index (χ1n) is 3.75. The average Bonchev–Trinajstić information content (AvgIpc) is 2.34. The summed E-state index contributed by atoms with van der Waals surface area (Å²) in [5.41, 5.74) is 5.28. The molecule has 1 aliphatic heterocycles. The van der Waals surface area contributed by atoms with Crippen LogP contribution in [-0.2, 0) is 9.59 Å². The minimum Gasteiger partial charge on any atom is -0.481 e. The number of rotatable bonds is 1. The molecule has 1 rings (SSSR count). The van der Waals surface area contributed by atoms with E-state index in [1.54, 1.807) is 0 Å². The molecule has 1 amide bonds. The number of aliphatic carboxylic acids is 1. The van der Waals surface area contributed by atoms with Crippen molar-refractivity contribution in [3.05, 3.63) is 0 Å². The summed E-state index contributed by atoms with van der Waals surface area (Å²) in [4.78, 5) is 19.4. The molecule has 0 aromatic heterocycles. The van der Waals surface area contributed by atoms with Crippen molar-refractivity contribution in [1.82, 2.24) is 5.32 Å². The molecule has 0 aromatic carbocycles. The molecule has 0 saturated carbocycles. The minimum atomic E-state index is -0.833. The third kappa shape index (κ3) is 5.67. The van der Waals surface area contributed by atoms with Crippen molar-refractivity contribution < 1.29 is 14.7 Å². The fourth-order valence-corrected chi connectivity index (χ4v) is 0.854. The maximum atomic E-state index is 10.4. The first kappa shape index (κ1) is 10.9. The van der Waals surface area contributed by atoms with Crippen LogP contribution in [0, 0.1) is 0 Å². The summed E-state index contributed by atoms with van der Waals surface area (Å²) in [7, 11) is 0. The van der Waals surface area contributed by atoms with Crippen LogP contribution in [0.3, 0.4) is 0 Å². The van der Waals surface area contributed by atoms with Gasteiger partial charge >= 0.3 is 0 Å². The molecular weight excluding hydrogens is 160 g/mol. The molecule has 1 atom stereocenters. The van der Waals surface area contributed by atoms with E-state index in [4.69, 9.17) is 15.6 Å². The molecule has 0 aliphatic carbocycles. The molecule has 12 heavy (non-hydrogen) atoms. The number of hydrogen-bond donors (Lipinski definition) is 3. The second-order valence-corrected chi connectivity index (χ2v) is 2.56. The van der Waals surface area contributed by atoms with Gasteiger partial charge in [-0.15, -0.1) is 0 Å². The van der Waals surface area contributed by atoms with Crippen LogP contribution in [0.5, 0.6) is 0 Å². The molecule has 1 heterocycles. The highest BCUT2D eigenvalue weighted by Crippen LogP contribution is 2.03. The van der Waals surface area contributed by atoms with Crippen LogP contribution in [0.1, 0.15) is 19.8 Å². The van der Waals surface area contributed by atoms with Gasteiger partial charge < -0.3 is 16.2 Å². The number of amides is 1. The van der Waals surface area contributed by atoms with Crippen LogP contribution in [-0.4, -0.2) is 29.6 Å². The van der Waals surface area contributed by atoms with Crippen LogP contribution < -0.4 is 11.1 Å². The summed E-state index contributed by atoms with van der Waals surface area (Å²) in [6.07, 6.45) is 1.57. The summed E-state index contributed by atoms with van der Waals surface area (Å²) >= 11 is 0. The third-order valence-corrected chi connectivity index (χ3v) is 1.37. The van der Waals surface area contributed by atoms with E-state index in [0.717, 1.165) is 13.3 Å². The van der Waals surface area contributed by atoms with Crippen LogP contribution >= 0.6 is 0 Å². The predicted octanol–water partition coefficient (Wildman–Crippen LogP) is -0.685. The molecule has 0 aromatic rings. The van der Waals surface area contributed by atoms with Crippen LogP contribution in [0.15, 0.2) is 0 Å². The highest BCUT2D eigenvalue weighted by atomic mass is 16.4. The molecule has 0 radical (unpaired) electrons. The molecule has 70 valence electrons. The van der Waals surface area contributed by atoms with Gasteiger partial charge in [-0.3, -0.25) is 9.59 Å². The quantitative estimate of drug-likeness (QED) is 0.490. The van der Waals surface area contributed by atoms with Crippen LogP contribution in [0.4, 0.5) is 0 Å². The Balaban J connectivity index is 0.000000261. The van der Waals surface area contributed by atoms with Crippen molar-refractivity contribution >= 4 is 11.9 Å². The Hall–Kier alpha value is -1.10. The first-order valence-corrected chi connectivity index (χ1v) is 3.75. The Morgan fingerprint density at radius 1 is 1.83 bits per heavy atom. The van der Waals surface area contributed by atoms with Crippen molar-refractivity contribution in [1.29, 1.82) is 0 Å². The zero-order valence-electron chi connectivity index (χ0n) is 7.04. The number of hydrogen-bond acceptors (Lipinski definition) is 3. The van der Waals surface area contributed by atoms with Crippen molar-refractivity contribution in [2.75, 3.05) is 6.54 Å².